The minimum absolute atomic E-state index is 0.123. The van der Waals surface area contributed by atoms with Gasteiger partial charge in [-0.25, -0.2) is 14.4 Å². The Balaban J connectivity index is 1.09. The number of carbonyl (C=O) groups excluding carboxylic acids is 2. The number of esters is 2. The first-order valence-electron chi connectivity index (χ1n) is 22.6. The van der Waals surface area contributed by atoms with Crippen molar-refractivity contribution in [2.75, 3.05) is 13.2 Å². The summed E-state index contributed by atoms with van der Waals surface area (Å²) in [5, 5.41) is 26.8. The number of rotatable bonds is 25. The van der Waals surface area contributed by atoms with Crippen LogP contribution >= 0.6 is 0 Å². The van der Waals surface area contributed by atoms with E-state index >= 15 is 0 Å². The second kappa shape index (κ2) is 25.6. The van der Waals surface area contributed by atoms with Crippen LogP contribution in [0.15, 0.2) is 136 Å². The zero-order valence-electron chi connectivity index (χ0n) is 38.4. The van der Waals surface area contributed by atoms with Gasteiger partial charge in [0.25, 0.3) is 0 Å². The van der Waals surface area contributed by atoms with Crippen molar-refractivity contribution in [1.82, 2.24) is 0 Å². The molecule has 0 radical (unpaired) electrons. The number of nitrogens with zero attached hydrogens (tertiary/aromatic N) is 4. The first kappa shape index (κ1) is 49.3. The number of benzene rings is 5. The number of hydrogen-bond acceptors (Lipinski definition) is 11. The molecule has 12 heteroatoms. The fourth-order valence-electron chi connectivity index (χ4n) is 6.72. The maximum atomic E-state index is 13.1. The van der Waals surface area contributed by atoms with Crippen LogP contribution in [0.1, 0.15) is 124 Å². The molecule has 0 saturated heterocycles. The van der Waals surface area contributed by atoms with Crippen molar-refractivity contribution in [3.8, 4) is 23.0 Å². The fraction of sp³-hybridized carbons (Fsp3) is 0.377. The molecule has 0 spiro atoms. The van der Waals surface area contributed by atoms with Gasteiger partial charge in [0.2, 0.25) is 0 Å². The third-order valence-corrected chi connectivity index (χ3v) is 10.7. The van der Waals surface area contributed by atoms with Crippen molar-refractivity contribution in [3.05, 3.63) is 132 Å². The van der Waals surface area contributed by atoms with E-state index in [0.717, 1.165) is 36.2 Å². The van der Waals surface area contributed by atoms with Crippen molar-refractivity contribution in [3.63, 3.8) is 0 Å². The van der Waals surface area contributed by atoms with Gasteiger partial charge in [-0.15, -0.1) is 0 Å². The van der Waals surface area contributed by atoms with Gasteiger partial charge in [0, 0.05) is 6.07 Å². The molecular formula is C53H62N4O8. The summed E-state index contributed by atoms with van der Waals surface area (Å²) < 4.78 is 22.9. The maximum absolute atomic E-state index is 13.1. The van der Waals surface area contributed by atoms with Crippen LogP contribution in [0, 0.1) is 23.7 Å². The molecule has 0 fully saturated rings. The zero-order chi connectivity index (χ0) is 46.6. The van der Waals surface area contributed by atoms with Crippen molar-refractivity contribution in [2.24, 2.45) is 44.1 Å². The van der Waals surface area contributed by atoms with Crippen LogP contribution in [0.4, 0.5) is 22.7 Å². The van der Waals surface area contributed by atoms with E-state index < -0.39 is 17.9 Å². The lowest BCUT2D eigenvalue weighted by Crippen LogP contribution is -2.11. The molecule has 0 aliphatic carbocycles. The van der Waals surface area contributed by atoms with Crippen molar-refractivity contribution >= 4 is 40.7 Å². The van der Waals surface area contributed by atoms with Crippen molar-refractivity contribution < 1.29 is 38.4 Å². The molecule has 5 rings (SSSR count). The maximum Gasteiger partial charge on any atom is 0.343 e. The summed E-state index contributed by atoms with van der Waals surface area (Å²) in [6.45, 7) is 14.9. The Morgan fingerprint density at radius 3 is 1.09 bits per heavy atom. The summed E-state index contributed by atoms with van der Waals surface area (Å²) in [6, 6.07) is 30.9. The van der Waals surface area contributed by atoms with E-state index in [4.69, 9.17) is 18.9 Å². The molecule has 0 bridgehead atoms. The average molecular weight is 883 g/mol. The highest BCUT2D eigenvalue weighted by Gasteiger charge is 2.17. The van der Waals surface area contributed by atoms with Gasteiger partial charge in [-0.05, 0) is 146 Å². The fourth-order valence-corrected chi connectivity index (χ4v) is 6.72. The Labute approximate surface area is 383 Å². The molecule has 0 aliphatic heterocycles. The lowest BCUT2D eigenvalue weighted by Gasteiger charge is -2.13. The van der Waals surface area contributed by atoms with Crippen LogP contribution in [0.2, 0.25) is 0 Å². The largest absolute Gasteiger partial charge is 0.494 e. The molecule has 0 heterocycles. The van der Waals surface area contributed by atoms with Crippen LogP contribution < -0.4 is 18.9 Å². The molecule has 12 nitrogen and oxygen atoms in total. The Morgan fingerprint density at radius 1 is 0.431 bits per heavy atom. The summed E-state index contributed by atoms with van der Waals surface area (Å²) in [5.74, 6) is 1.21. The van der Waals surface area contributed by atoms with Gasteiger partial charge in [-0.1, -0.05) is 80.1 Å². The smallest absolute Gasteiger partial charge is 0.343 e. The van der Waals surface area contributed by atoms with Crippen LogP contribution in [0.5, 0.6) is 23.0 Å². The number of ether oxygens (including phenoxy) is 4. The molecular weight excluding hydrogens is 821 g/mol. The quantitative estimate of drug-likeness (QED) is 0.0345. The zero-order valence-corrected chi connectivity index (χ0v) is 38.4. The van der Waals surface area contributed by atoms with E-state index in [1.807, 2.05) is 48.5 Å². The molecule has 342 valence electrons. The van der Waals surface area contributed by atoms with Crippen LogP contribution in [0.3, 0.4) is 0 Å². The molecule has 0 amide bonds. The summed E-state index contributed by atoms with van der Waals surface area (Å²) in [6.07, 6.45) is 9.45. The molecule has 5 aromatic carbocycles. The van der Waals surface area contributed by atoms with Gasteiger partial charge >= 0.3 is 17.9 Å². The minimum atomic E-state index is -1.30. The summed E-state index contributed by atoms with van der Waals surface area (Å²) >= 11 is 0. The standard InChI is InChI=1S/C53H62N4O8/c1-36(2)9-7-11-38(5)29-31-62-47-25-21-45(22-26-47)56-54-43-17-13-40(14-18-43)52(60)64-49-33-42(51(58)59)34-50(35-49)65-53(61)41-15-19-44(20-16-41)55-57-46-23-27-48(28-24-46)63-32-30-39(6)12-8-10-37(3)4/h13-28,33-39H,7-12,29-32H2,1-6H3,(H,58,59)/t38-,39-/m0/s1. The van der Waals surface area contributed by atoms with Crippen LogP contribution in [-0.4, -0.2) is 36.2 Å². The molecule has 1 N–H and O–H groups in total. The Bertz CT molecular complexity index is 2170. The van der Waals surface area contributed by atoms with E-state index in [1.165, 1.54) is 81.0 Å². The van der Waals surface area contributed by atoms with E-state index in [9.17, 15) is 19.5 Å². The number of hydrogen-bond donors (Lipinski definition) is 1. The normalized spacial score (nSPS) is 12.4. The lowest BCUT2D eigenvalue weighted by molar-refractivity contribution is 0.0680. The van der Waals surface area contributed by atoms with E-state index in [0.29, 0.717) is 47.8 Å². The number of carboxylic acids is 1. The molecule has 2 atom stereocenters. The minimum Gasteiger partial charge on any atom is -0.494 e. The summed E-state index contributed by atoms with van der Waals surface area (Å²) in [7, 11) is 0. The average Bonchev–Trinajstić information content (AvgIpc) is 3.28. The first-order valence-corrected chi connectivity index (χ1v) is 22.6. The van der Waals surface area contributed by atoms with Crippen LogP contribution in [-0.2, 0) is 0 Å². The van der Waals surface area contributed by atoms with Gasteiger partial charge in [-0.2, -0.15) is 20.5 Å². The monoisotopic (exact) mass is 882 g/mol. The summed E-state index contributed by atoms with van der Waals surface area (Å²) in [4.78, 5) is 38.1. The molecule has 65 heavy (non-hydrogen) atoms. The highest BCUT2D eigenvalue weighted by molar-refractivity contribution is 5.94. The number of aromatic carboxylic acids is 1. The topological polar surface area (TPSA) is 158 Å². The van der Waals surface area contributed by atoms with Crippen LogP contribution in [0.25, 0.3) is 0 Å². The Hall–Kier alpha value is -6.69. The first-order chi connectivity index (χ1) is 31.3. The lowest BCUT2D eigenvalue weighted by atomic mass is 9.98. The second-order valence-electron chi connectivity index (χ2n) is 17.4. The van der Waals surface area contributed by atoms with E-state index in [1.54, 1.807) is 24.3 Å². The molecule has 0 aromatic heterocycles. The van der Waals surface area contributed by atoms with Crippen molar-refractivity contribution in [1.29, 1.82) is 0 Å². The molecule has 5 aromatic rings. The number of azo groups is 2. The van der Waals surface area contributed by atoms with E-state index in [-0.39, 0.29) is 28.2 Å². The van der Waals surface area contributed by atoms with Gasteiger partial charge < -0.3 is 24.1 Å². The molecule has 0 saturated carbocycles. The molecule has 0 aliphatic rings. The third kappa shape index (κ3) is 17.8. The van der Waals surface area contributed by atoms with Gasteiger partial charge in [0.05, 0.1) is 52.7 Å². The number of carboxylic acid groups (broad SMARTS) is 1. The van der Waals surface area contributed by atoms with Gasteiger partial charge in [0.1, 0.15) is 23.0 Å². The predicted molar refractivity (Wildman–Crippen MR) is 253 cm³/mol. The molecule has 0 unspecified atom stereocenters. The Kier molecular flexibility index (Phi) is 19.4. The van der Waals surface area contributed by atoms with E-state index in [2.05, 4.69) is 62.0 Å². The highest BCUT2D eigenvalue weighted by atomic mass is 16.5. The van der Waals surface area contributed by atoms with Gasteiger partial charge in [-0.3, -0.25) is 0 Å². The second-order valence-corrected chi connectivity index (χ2v) is 17.4. The summed E-state index contributed by atoms with van der Waals surface area (Å²) in [5.41, 5.74) is 2.42. The predicted octanol–water partition coefficient (Wildman–Crippen LogP) is 15.1. The SMILES string of the molecule is CC(C)CCC[C@H](C)CCOc1ccc(N=Nc2ccc(C(=O)Oc3cc(OC(=O)c4ccc(N=Nc5ccc(OCC[C@@H](C)CCCC(C)C)cc5)cc4)cc(C(=O)O)c3)cc2)cc1. The van der Waals surface area contributed by atoms with Crippen molar-refractivity contribution in [2.45, 2.75) is 92.9 Å². The Morgan fingerprint density at radius 2 is 0.769 bits per heavy atom. The third-order valence-electron chi connectivity index (χ3n) is 10.7. The highest BCUT2D eigenvalue weighted by Crippen LogP contribution is 2.28. The number of carbonyl (C=O) groups is 3. The van der Waals surface area contributed by atoms with Gasteiger partial charge in [0.15, 0.2) is 0 Å².